The maximum Gasteiger partial charge on any atom is 0.257 e. The first-order valence-corrected chi connectivity index (χ1v) is 11.3. The summed E-state index contributed by atoms with van der Waals surface area (Å²) in [7, 11) is 1.59. The lowest BCUT2D eigenvalue weighted by Gasteiger charge is -2.57. The van der Waals surface area contributed by atoms with E-state index in [1.54, 1.807) is 7.11 Å². The number of ether oxygens (including phenoxy) is 1. The van der Waals surface area contributed by atoms with E-state index in [-0.39, 0.29) is 11.3 Å². The van der Waals surface area contributed by atoms with Gasteiger partial charge in [-0.25, -0.2) is 0 Å². The van der Waals surface area contributed by atoms with Crippen LogP contribution in [0, 0.1) is 23.2 Å². The molecule has 1 heterocycles. The molecule has 5 fully saturated rings. The summed E-state index contributed by atoms with van der Waals surface area (Å²) >= 11 is 0. The highest BCUT2D eigenvalue weighted by molar-refractivity contribution is 5.97. The van der Waals surface area contributed by atoms with E-state index in [9.17, 15) is 9.59 Å². The van der Waals surface area contributed by atoms with E-state index in [0.29, 0.717) is 43.4 Å². The number of amides is 2. The second-order valence-electron chi connectivity index (χ2n) is 9.97. The quantitative estimate of drug-likeness (QED) is 0.782. The normalized spacial score (nSPS) is 33.1. The number of hydrogen-bond acceptors (Lipinski definition) is 3. The maximum absolute atomic E-state index is 13.1. The molecule has 0 radical (unpaired) electrons. The van der Waals surface area contributed by atoms with Gasteiger partial charge in [0.1, 0.15) is 5.75 Å². The van der Waals surface area contributed by atoms with Crippen LogP contribution in [0.5, 0.6) is 5.75 Å². The van der Waals surface area contributed by atoms with Crippen molar-refractivity contribution in [3.63, 3.8) is 0 Å². The Morgan fingerprint density at radius 1 is 0.931 bits per heavy atom. The molecule has 4 bridgehead atoms. The van der Waals surface area contributed by atoms with Gasteiger partial charge >= 0.3 is 0 Å². The molecule has 0 spiro atoms. The Balaban J connectivity index is 1.19. The fourth-order valence-corrected chi connectivity index (χ4v) is 7.09. The fraction of sp³-hybridized carbons (Fsp3) is 0.667. The van der Waals surface area contributed by atoms with Gasteiger partial charge in [-0.05, 0) is 73.8 Å². The molecular weight excluding hydrogens is 364 g/mol. The highest BCUT2D eigenvalue weighted by Crippen LogP contribution is 2.61. The monoisotopic (exact) mass is 396 g/mol. The molecule has 0 aromatic heterocycles. The Morgan fingerprint density at radius 2 is 1.48 bits per heavy atom. The topological polar surface area (TPSA) is 49.9 Å². The van der Waals surface area contributed by atoms with Gasteiger partial charge in [-0.2, -0.15) is 0 Å². The summed E-state index contributed by atoms with van der Waals surface area (Å²) in [5.74, 6) is 3.56. The van der Waals surface area contributed by atoms with Crippen molar-refractivity contribution in [2.45, 2.75) is 44.9 Å². The lowest BCUT2D eigenvalue weighted by Crippen LogP contribution is -2.53. The molecule has 29 heavy (non-hydrogen) atoms. The first kappa shape index (κ1) is 19.0. The summed E-state index contributed by atoms with van der Waals surface area (Å²) < 4.78 is 5.34. The van der Waals surface area contributed by atoms with E-state index < -0.39 is 0 Å². The molecule has 1 aromatic carbocycles. The largest absolute Gasteiger partial charge is 0.496 e. The van der Waals surface area contributed by atoms with E-state index >= 15 is 0 Å². The molecule has 0 atom stereocenters. The van der Waals surface area contributed by atoms with E-state index in [4.69, 9.17) is 4.74 Å². The first-order chi connectivity index (χ1) is 14.0. The minimum absolute atomic E-state index is 0.00404. The van der Waals surface area contributed by atoms with Gasteiger partial charge in [-0.15, -0.1) is 0 Å². The van der Waals surface area contributed by atoms with Crippen molar-refractivity contribution in [3.8, 4) is 5.75 Å². The van der Waals surface area contributed by atoms with Gasteiger partial charge in [0.2, 0.25) is 5.91 Å². The lowest BCUT2D eigenvalue weighted by molar-refractivity contribution is -0.141. The average molecular weight is 397 g/mol. The minimum Gasteiger partial charge on any atom is -0.496 e. The highest BCUT2D eigenvalue weighted by Gasteiger charge is 2.51. The third kappa shape index (κ3) is 3.53. The molecule has 4 saturated carbocycles. The summed E-state index contributed by atoms with van der Waals surface area (Å²) in [6.07, 6.45) is 8.80. The van der Waals surface area contributed by atoms with Crippen LogP contribution in [-0.4, -0.2) is 54.9 Å². The number of carbonyl (C=O) groups excluding carboxylic acids is 2. The second-order valence-corrected chi connectivity index (χ2v) is 9.97. The molecule has 5 nitrogen and oxygen atoms in total. The number of methoxy groups -OCH3 is 1. The second kappa shape index (κ2) is 7.33. The zero-order chi connectivity index (χ0) is 20.0. The zero-order valence-electron chi connectivity index (χ0n) is 17.4. The Kier molecular flexibility index (Phi) is 4.79. The number of carbonyl (C=O) groups is 2. The fourth-order valence-electron chi connectivity index (χ4n) is 7.09. The van der Waals surface area contributed by atoms with Crippen molar-refractivity contribution in [2.75, 3.05) is 33.3 Å². The van der Waals surface area contributed by atoms with Crippen LogP contribution in [0.15, 0.2) is 24.3 Å². The standard InChI is InChI=1S/C24H32N2O3/c1-29-21-5-3-2-4-20(21)23(28)26-8-6-25(7-9-26)22(27)16-24-13-17-10-18(14-24)12-19(11-17)15-24/h2-5,17-19H,6-16H2,1H3. The van der Waals surface area contributed by atoms with Crippen LogP contribution in [0.1, 0.15) is 55.3 Å². The molecule has 5 heteroatoms. The number of rotatable bonds is 4. The van der Waals surface area contributed by atoms with Crippen molar-refractivity contribution in [1.82, 2.24) is 9.80 Å². The van der Waals surface area contributed by atoms with Crippen LogP contribution < -0.4 is 4.74 Å². The Bertz CT molecular complexity index is 762. The average Bonchev–Trinajstić information content (AvgIpc) is 2.72. The Morgan fingerprint density at radius 3 is 2.07 bits per heavy atom. The summed E-state index contributed by atoms with van der Waals surface area (Å²) in [4.78, 5) is 29.9. The van der Waals surface area contributed by atoms with E-state index in [0.717, 1.165) is 24.2 Å². The summed E-state index contributed by atoms with van der Waals surface area (Å²) in [5, 5.41) is 0. The number of nitrogens with zero attached hydrogens (tertiary/aromatic N) is 2. The van der Waals surface area contributed by atoms with Crippen LogP contribution >= 0.6 is 0 Å². The predicted octanol–water partition coefficient (Wildman–Crippen LogP) is 3.59. The molecule has 1 aliphatic heterocycles. The van der Waals surface area contributed by atoms with Gasteiger partial charge in [-0.1, -0.05) is 12.1 Å². The Hall–Kier alpha value is -2.04. The first-order valence-electron chi connectivity index (χ1n) is 11.3. The maximum atomic E-state index is 13.1. The molecule has 0 unspecified atom stereocenters. The van der Waals surface area contributed by atoms with E-state index in [2.05, 4.69) is 0 Å². The molecule has 4 aliphatic carbocycles. The number of hydrogen-bond donors (Lipinski definition) is 0. The van der Waals surface area contributed by atoms with E-state index in [1.807, 2.05) is 34.1 Å². The Labute approximate surface area is 173 Å². The van der Waals surface area contributed by atoms with E-state index in [1.165, 1.54) is 38.5 Å². The van der Waals surface area contributed by atoms with Gasteiger partial charge < -0.3 is 14.5 Å². The van der Waals surface area contributed by atoms with Crippen LogP contribution in [0.2, 0.25) is 0 Å². The van der Waals surface area contributed by atoms with Crippen LogP contribution in [0.25, 0.3) is 0 Å². The predicted molar refractivity (Wildman–Crippen MR) is 111 cm³/mol. The van der Waals surface area contributed by atoms with Crippen LogP contribution in [0.3, 0.4) is 0 Å². The van der Waals surface area contributed by atoms with Gasteiger partial charge in [0.25, 0.3) is 5.91 Å². The van der Waals surface area contributed by atoms with Crippen molar-refractivity contribution < 1.29 is 14.3 Å². The zero-order valence-corrected chi connectivity index (χ0v) is 17.4. The number of benzene rings is 1. The molecule has 0 N–H and O–H groups in total. The molecule has 1 aromatic rings. The van der Waals surface area contributed by atoms with Crippen LogP contribution in [0.4, 0.5) is 0 Å². The summed E-state index contributed by atoms with van der Waals surface area (Å²) in [5.41, 5.74) is 0.888. The lowest BCUT2D eigenvalue weighted by atomic mass is 9.49. The SMILES string of the molecule is COc1ccccc1C(=O)N1CCN(C(=O)CC23CC4CC(CC(C4)C2)C3)CC1. The molecule has 1 saturated heterocycles. The summed E-state index contributed by atoms with van der Waals surface area (Å²) in [6.45, 7) is 2.49. The number of para-hydroxylation sites is 1. The number of piperazine rings is 1. The van der Waals surface area contributed by atoms with Gasteiger partial charge in [0.05, 0.1) is 12.7 Å². The van der Waals surface area contributed by atoms with Crippen LogP contribution in [-0.2, 0) is 4.79 Å². The van der Waals surface area contributed by atoms with Gasteiger partial charge in [-0.3, -0.25) is 9.59 Å². The molecular formula is C24H32N2O3. The van der Waals surface area contributed by atoms with Crippen molar-refractivity contribution in [3.05, 3.63) is 29.8 Å². The van der Waals surface area contributed by atoms with Crippen molar-refractivity contribution >= 4 is 11.8 Å². The third-order valence-electron chi connectivity index (χ3n) is 7.95. The van der Waals surface area contributed by atoms with Gasteiger partial charge in [0, 0.05) is 32.6 Å². The van der Waals surface area contributed by atoms with Crippen molar-refractivity contribution in [1.29, 1.82) is 0 Å². The smallest absolute Gasteiger partial charge is 0.257 e. The highest BCUT2D eigenvalue weighted by atomic mass is 16.5. The van der Waals surface area contributed by atoms with Gasteiger partial charge in [0.15, 0.2) is 0 Å². The van der Waals surface area contributed by atoms with Crippen molar-refractivity contribution in [2.24, 2.45) is 23.2 Å². The molecule has 156 valence electrons. The summed E-state index contributed by atoms with van der Waals surface area (Å²) in [6, 6.07) is 7.36. The minimum atomic E-state index is -0.00404. The molecule has 5 aliphatic rings. The molecule has 2 amide bonds. The molecule has 6 rings (SSSR count). The third-order valence-corrected chi connectivity index (χ3v) is 7.95.